The van der Waals surface area contributed by atoms with E-state index in [-0.39, 0.29) is 12.5 Å². The minimum Gasteiger partial charge on any atom is -0.756 e. The molecule has 3 atom stereocenters. The number of unbranched alkanes of at least 4 members (excludes halogenated alkanes) is 22. The van der Waals surface area contributed by atoms with Gasteiger partial charge in [0, 0.05) is 6.42 Å². The number of quaternary nitrogens is 1. The molecule has 0 aliphatic carbocycles. The highest BCUT2D eigenvalue weighted by Crippen LogP contribution is 2.38. The van der Waals surface area contributed by atoms with Gasteiger partial charge in [-0.1, -0.05) is 275 Å². The van der Waals surface area contributed by atoms with Crippen molar-refractivity contribution >= 4 is 13.7 Å². The molecular weight excluding hydrogens is 1010 g/mol. The second-order valence-electron chi connectivity index (χ2n) is 22.4. The van der Waals surface area contributed by atoms with Crippen LogP contribution in [0, 0.1) is 0 Å². The van der Waals surface area contributed by atoms with E-state index in [9.17, 15) is 19.4 Å². The van der Waals surface area contributed by atoms with Crippen LogP contribution >= 0.6 is 7.82 Å². The van der Waals surface area contributed by atoms with Crippen molar-refractivity contribution in [2.45, 2.75) is 257 Å². The van der Waals surface area contributed by atoms with Crippen molar-refractivity contribution in [3.8, 4) is 0 Å². The number of phosphoric ester groups is 1. The molecule has 0 saturated heterocycles. The Hall–Kier alpha value is -3.62. The second-order valence-corrected chi connectivity index (χ2v) is 23.8. The van der Waals surface area contributed by atoms with Gasteiger partial charge in [0.1, 0.15) is 13.2 Å². The Bertz CT molecular complexity index is 1810. The Balaban J connectivity index is 4.20. The van der Waals surface area contributed by atoms with E-state index in [4.69, 9.17) is 9.05 Å². The zero-order valence-corrected chi connectivity index (χ0v) is 52.9. The molecule has 8 nitrogen and oxygen atoms in total. The van der Waals surface area contributed by atoms with Crippen LogP contribution < -0.4 is 10.2 Å². The molecule has 80 heavy (non-hydrogen) atoms. The molecular formula is C71H121N2O6P. The van der Waals surface area contributed by atoms with Crippen molar-refractivity contribution in [2.75, 3.05) is 40.9 Å². The summed E-state index contributed by atoms with van der Waals surface area (Å²) in [5.41, 5.74) is 0. The molecule has 456 valence electrons. The highest BCUT2D eigenvalue weighted by molar-refractivity contribution is 7.45. The van der Waals surface area contributed by atoms with E-state index in [2.05, 4.69) is 153 Å². The average molecular weight is 1130 g/mol. The molecule has 0 aromatic carbocycles. The molecule has 0 spiro atoms. The third-order valence-electron chi connectivity index (χ3n) is 13.5. The number of phosphoric acid groups is 1. The van der Waals surface area contributed by atoms with E-state index in [0.717, 1.165) is 116 Å². The molecule has 3 unspecified atom stereocenters. The number of rotatable bonds is 57. The first-order valence-electron chi connectivity index (χ1n) is 32.2. The van der Waals surface area contributed by atoms with E-state index >= 15 is 0 Å². The lowest BCUT2D eigenvalue weighted by Crippen LogP contribution is -2.45. The van der Waals surface area contributed by atoms with Crippen LogP contribution in [0.25, 0.3) is 0 Å². The predicted octanol–water partition coefficient (Wildman–Crippen LogP) is 19.8. The van der Waals surface area contributed by atoms with Gasteiger partial charge in [-0.15, -0.1) is 0 Å². The van der Waals surface area contributed by atoms with Gasteiger partial charge in [-0.05, 0) is 109 Å². The maximum Gasteiger partial charge on any atom is 0.268 e. The summed E-state index contributed by atoms with van der Waals surface area (Å²) in [6, 6.07) is -0.919. The van der Waals surface area contributed by atoms with Gasteiger partial charge in [-0.2, -0.15) is 0 Å². The zero-order valence-electron chi connectivity index (χ0n) is 52.0. The summed E-state index contributed by atoms with van der Waals surface area (Å²) in [5.74, 6) is -0.221. The molecule has 1 amide bonds. The van der Waals surface area contributed by atoms with E-state index < -0.39 is 26.6 Å². The molecule has 0 aliphatic rings. The van der Waals surface area contributed by atoms with Crippen molar-refractivity contribution in [3.63, 3.8) is 0 Å². The quantitative estimate of drug-likeness (QED) is 0.0272. The summed E-state index contributed by atoms with van der Waals surface area (Å²) >= 11 is 0. The smallest absolute Gasteiger partial charge is 0.268 e. The summed E-state index contributed by atoms with van der Waals surface area (Å²) < 4.78 is 23.4. The Morgan fingerprint density at radius 1 is 0.450 bits per heavy atom. The third-order valence-corrected chi connectivity index (χ3v) is 14.5. The fourth-order valence-electron chi connectivity index (χ4n) is 8.55. The fraction of sp³-hybridized carbons (Fsp3) is 0.648. The number of nitrogens with zero attached hydrogens (tertiary/aromatic N) is 1. The number of hydrogen-bond acceptors (Lipinski definition) is 6. The van der Waals surface area contributed by atoms with Crippen LogP contribution in [0.15, 0.2) is 146 Å². The van der Waals surface area contributed by atoms with Gasteiger partial charge in [-0.3, -0.25) is 9.36 Å². The van der Waals surface area contributed by atoms with Gasteiger partial charge >= 0.3 is 0 Å². The molecule has 0 bridgehead atoms. The van der Waals surface area contributed by atoms with Crippen LogP contribution in [0.2, 0.25) is 0 Å². The topological polar surface area (TPSA) is 108 Å². The first-order valence-corrected chi connectivity index (χ1v) is 33.7. The minimum atomic E-state index is -4.62. The first kappa shape index (κ1) is 76.4. The summed E-state index contributed by atoms with van der Waals surface area (Å²) in [7, 11) is 1.22. The molecule has 0 aromatic rings. The number of aliphatic hydroxyl groups excluding tert-OH is 1. The molecule has 0 rings (SSSR count). The van der Waals surface area contributed by atoms with Gasteiger partial charge in [-0.25, -0.2) is 0 Å². The van der Waals surface area contributed by atoms with Gasteiger partial charge in [0.2, 0.25) is 5.91 Å². The van der Waals surface area contributed by atoms with Crippen molar-refractivity contribution in [1.82, 2.24) is 5.32 Å². The van der Waals surface area contributed by atoms with E-state index in [1.165, 1.54) is 109 Å². The lowest BCUT2D eigenvalue weighted by molar-refractivity contribution is -0.870. The summed E-state index contributed by atoms with van der Waals surface area (Å²) in [4.78, 5) is 25.5. The van der Waals surface area contributed by atoms with E-state index in [1.807, 2.05) is 27.2 Å². The van der Waals surface area contributed by atoms with Crippen molar-refractivity contribution in [3.05, 3.63) is 146 Å². The Morgan fingerprint density at radius 3 is 1.16 bits per heavy atom. The molecule has 0 heterocycles. The standard InChI is InChI=1S/C71H121N2O6P/c1-6-8-10-12-14-16-18-20-22-24-26-27-28-29-30-31-32-33-34-35-36-37-38-39-40-41-42-43-44-45-47-49-51-53-55-57-59-61-63-65-71(75)72-69(68-79-80(76,77)78-67-66-73(3,4)5)70(74)64-62-60-58-56-54-52-50-48-46-25-23-21-19-17-15-13-11-9-7-2/h8,10,14,16,20,22,26-27,29-30,32-33,35-36,38-39,41-42,44-45,54,56,62,64,69-70,74H,6-7,9,11-13,15,17-19,21,23-25,28,31,34,37,40,43,46-53,55,57-61,63,65-68H2,1-5H3,(H-,72,75,76,77)/b10-8-,16-14-,22-20-,27-26-,30-29-,33-32-,36-35-,39-38-,42-41-,45-44-,56-54+,64-62+. The summed E-state index contributed by atoms with van der Waals surface area (Å²) in [5, 5.41) is 13.9. The van der Waals surface area contributed by atoms with E-state index in [0.29, 0.717) is 17.4 Å². The van der Waals surface area contributed by atoms with Gasteiger partial charge in [0.25, 0.3) is 7.82 Å². The van der Waals surface area contributed by atoms with E-state index in [1.54, 1.807) is 6.08 Å². The molecule has 2 N–H and O–H groups in total. The average Bonchev–Trinajstić information content (AvgIpc) is 3.42. The number of hydrogen-bond donors (Lipinski definition) is 2. The predicted molar refractivity (Wildman–Crippen MR) is 348 cm³/mol. The Morgan fingerprint density at radius 2 is 0.775 bits per heavy atom. The van der Waals surface area contributed by atoms with Crippen molar-refractivity contribution in [2.24, 2.45) is 0 Å². The first-order chi connectivity index (χ1) is 39.0. The molecule has 0 radical (unpaired) electrons. The lowest BCUT2D eigenvalue weighted by atomic mass is 10.0. The fourth-order valence-corrected chi connectivity index (χ4v) is 9.27. The SMILES string of the molecule is CC/C=C\C/C=C\C/C=C\C/C=C\C/C=C\C/C=C\C/C=C\C/C=C\C/C=C\C/C=C\CCCCCCCCCCC(=O)NC(COP(=O)([O-])OCC[N+](C)(C)C)C(O)/C=C/CC/C=C/CCCCCCCCCCCCCCC. The van der Waals surface area contributed by atoms with Gasteiger partial charge < -0.3 is 28.8 Å². The molecule has 0 aromatic heterocycles. The Labute approximate surface area is 493 Å². The lowest BCUT2D eigenvalue weighted by Gasteiger charge is -2.29. The van der Waals surface area contributed by atoms with Crippen LogP contribution in [-0.4, -0.2) is 68.5 Å². The molecule has 0 fully saturated rings. The zero-order chi connectivity index (χ0) is 58.4. The summed E-state index contributed by atoms with van der Waals surface area (Å²) in [6.45, 7) is 4.50. The largest absolute Gasteiger partial charge is 0.756 e. The van der Waals surface area contributed by atoms with Crippen molar-refractivity contribution in [1.29, 1.82) is 0 Å². The van der Waals surface area contributed by atoms with Crippen LogP contribution in [0.3, 0.4) is 0 Å². The number of nitrogens with one attached hydrogen (secondary N) is 1. The van der Waals surface area contributed by atoms with Gasteiger partial charge in [0.15, 0.2) is 0 Å². The maximum absolute atomic E-state index is 13.0. The van der Waals surface area contributed by atoms with Crippen LogP contribution in [-0.2, 0) is 18.4 Å². The number of carbonyl (C=O) groups is 1. The third kappa shape index (κ3) is 62.0. The maximum atomic E-state index is 13.0. The molecule has 9 heteroatoms. The van der Waals surface area contributed by atoms with Crippen LogP contribution in [0.4, 0.5) is 0 Å². The number of aliphatic hydroxyl groups is 1. The normalized spacial score (nSPS) is 14.7. The van der Waals surface area contributed by atoms with Gasteiger partial charge in [0.05, 0.1) is 39.9 Å². The van der Waals surface area contributed by atoms with Crippen LogP contribution in [0.5, 0.6) is 0 Å². The highest BCUT2D eigenvalue weighted by atomic mass is 31.2. The minimum absolute atomic E-state index is 0.0151. The number of likely N-dealkylation sites (N-methyl/N-ethyl adjacent to an activating group) is 1. The monoisotopic (exact) mass is 1130 g/mol. The number of carbonyl (C=O) groups excluding carboxylic acids is 1. The summed E-state index contributed by atoms with van der Waals surface area (Å²) in [6.07, 6.45) is 92.3. The second kappa shape index (κ2) is 60.0. The highest BCUT2D eigenvalue weighted by Gasteiger charge is 2.23. The Kier molecular flexibility index (Phi) is 57.3. The number of amides is 1. The number of allylic oxidation sites excluding steroid dienone is 23. The van der Waals surface area contributed by atoms with Crippen LogP contribution in [0.1, 0.15) is 245 Å². The molecule has 0 saturated carbocycles. The van der Waals surface area contributed by atoms with Crippen molar-refractivity contribution < 1.29 is 32.9 Å². The molecule has 0 aliphatic heterocycles.